The van der Waals surface area contributed by atoms with E-state index in [1.54, 1.807) is 31.2 Å². The van der Waals surface area contributed by atoms with E-state index in [0.717, 1.165) is 5.56 Å². The average Bonchev–Trinajstić information content (AvgIpc) is 2.66. The van der Waals surface area contributed by atoms with E-state index in [9.17, 15) is 14.7 Å². The molecule has 0 spiro atoms. The lowest BCUT2D eigenvalue weighted by Crippen LogP contribution is -2.19. The number of benzene rings is 2. The minimum atomic E-state index is -0.977. The van der Waals surface area contributed by atoms with Crippen LogP contribution in [-0.4, -0.2) is 23.5 Å². The highest BCUT2D eigenvalue weighted by atomic mass is 16.5. The van der Waals surface area contributed by atoms with Crippen molar-refractivity contribution in [3.8, 4) is 5.75 Å². The van der Waals surface area contributed by atoms with E-state index in [0.29, 0.717) is 17.9 Å². The molecule has 0 fully saturated rings. The molecular formula is C20H20O5. The first kappa shape index (κ1) is 18.3. The monoisotopic (exact) mass is 340 g/mol. The Morgan fingerprint density at radius 2 is 1.64 bits per heavy atom. The van der Waals surface area contributed by atoms with Crippen LogP contribution in [0.2, 0.25) is 0 Å². The molecule has 0 aliphatic rings. The molecule has 130 valence electrons. The Bertz CT molecular complexity index is 760. The third-order valence-electron chi connectivity index (χ3n) is 3.53. The predicted molar refractivity (Wildman–Crippen MR) is 94.1 cm³/mol. The molecule has 5 nitrogen and oxygen atoms in total. The smallest absolute Gasteiger partial charge is 0.379 e. The molecule has 0 unspecified atom stereocenters. The zero-order valence-corrected chi connectivity index (χ0v) is 14.2. The minimum Gasteiger partial charge on any atom is -0.507 e. The molecule has 0 aliphatic heterocycles. The summed E-state index contributed by atoms with van der Waals surface area (Å²) in [7, 11) is 0. The number of carbonyl (C=O) groups is 2. The predicted octanol–water partition coefficient (Wildman–Crippen LogP) is 3.69. The number of hydrogen-bond acceptors (Lipinski definition) is 5. The highest BCUT2D eigenvalue weighted by Gasteiger charge is 2.20. The van der Waals surface area contributed by atoms with E-state index in [4.69, 9.17) is 4.74 Å². The standard InChI is InChI=1S/C20H20O5/c1-3-24-20(23)19(22)14(2)18(21)16-9-11-17(12-10-16)25-13-15-7-5-4-6-8-15/h4-12,21H,3,13H2,1-2H3. The second-order valence-corrected chi connectivity index (χ2v) is 5.32. The number of aliphatic hydroxyl groups excluding tert-OH is 1. The lowest BCUT2D eigenvalue weighted by Gasteiger charge is -2.09. The first-order valence-electron chi connectivity index (χ1n) is 7.91. The number of hydrogen-bond donors (Lipinski definition) is 1. The lowest BCUT2D eigenvalue weighted by atomic mass is 10.1. The first-order valence-corrected chi connectivity index (χ1v) is 7.91. The summed E-state index contributed by atoms with van der Waals surface area (Å²) >= 11 is 0. The molecule has 5 heteroatoms. The maximum absolute atomic E-state index is 11.9. The van der Waals surface area contributed by atoms with Gasteiger partial charge in [-0.3, -0.25) is 4.79 Å². The van der Waals surface area contributed by atoms with Crippen LogP contribution < -0.4 is 4.74 Å². The summed E-state index contributed by atoms with van der Waals surface area (Å²) in [5, 5.41) is 10.2. The summed E-state index contributed by atoms with van der Waals surface area (Å²) in [6.07, 6.45) is 0. The Labute approximate surface area is 146 Å². The van der Waals surface area contributed by atoms with Crippen molar-refractivity contribution in [1.29, 1.82) is 0 Å². The van der Waals surface area contributed by atoms with Gasteiger partial charge < -0.3 is 14.6 Å². The van der Waals surface area contributed by atoms with Gasteiger partial charge in [0.15, 0.2) is 0 Å². The Kier molecular flexibility index (Phi) is 6.34. The first-order chi connectivity index (χ1) is 12.0. The highest BCUT2D eigenvalue weighted by molar-refractivity contribution is 6.41. The van der Waals surface area contributed by atoms with Gasteiger partial charge in [0.05, 0.1) is 6.61 Å². The van der Waals surface area contributed by atoms with E-state index >= 15 is 0 Å². The van der Waals surface area contributed by atoms with E-state index in [1.807, 2.05) is 30.3 Å². The maximum atomic E-state index is 11.9. The van der Waals surface area contributed by atoms with Crippen molar-refractivity contribution in [1.82, 2.24) is 0 Å². The van der Waals surface area contributed by atoms with Gasteiger partial charge in [0.2, 0.25) is 0 Å². The number of rotatable bonds is 7. The summed E-state index contributed by atoms with van der Waals surface area (Å²) < 4.78 is 10.3. The fourth-order valence-corrected chi connectivity index (χ4v) is 2.12. The summed E-state index contributed by atoms with van der Waals surface area (Å²) in [5.74, 6) is -1.46. The SMILES string of the molecule is CCOC(=O)C(=O)C(C)=C(O)c1ccc(OCc2ccccc2)cc1. The molecule has 0 bridgehead atoms. The molecule has 0 saturated heterocycles. The van der Waals surface area contributed by atoms with Crippen molar-refractivity contribution in [2.24, 2.45) is 0 Å². The van der Waals surface area contributed by atoms with Crippen LogP contribution in [0.5, 0.6) is 5.75 Å². The van der Waals surface area contributed by atoms with Crippen LogP contribution in [0.15, 0.2) is 60.2 Å². The van der Waals surface area contributed by atoms with E-state index in [1.165, 1.54) is 6.92 Å². The summed E-state index contributed by atoms with van der Waals surface area (Å²) in [6, 6.07) is 16.4. The Balaban J connectivity index is 2.06. The zero-order chi connectivity index (χ0) is 18.2. The largest absolute Gasteiger partial charge is 0.507 e. The van der Waals surface area contributed by atoms with Gasteiger partial charge in [-0.15, -0.1) is 0 Å². The zero-order valence-electron chi connectivity index (χ0n) is 14.2. The van der Waals surface area contributed by atoms with Gasteiger partial charge in [0.25, 0.3) is 5.78 Å². The molecule has 0 radical (unpaired) electrons. The maximum Gasteiger partial charge on any atom is 0.379 e. The molecule has 0 heterocycles. The summed E-state index contributed by atoms with van der Waals surface area (Å²) in [4.78, 5) is 23.3. The number of aliphatic hydroxyl groups is 1. The molecule has 2 aromatic carbocycles. The van der Waals surface area contributed by atoms with Crippen LogP contribution in [-0.2, 0) is 20.9 Å². The van der Waals surface area contributed by atoms with Crippen molar-refractivity contribution in [2.45, 2.75) is 20.5 Å². The number of ether oxygens (including phenoxy) is 2. The molecule has 0 saturated carbocycles. The van der Waals surface area contributed by atoms with Gasteiger partial charge in [0.1, 0.15) is 18.1 Å². The van der Waals surface area contributed by atoms with Gasteiger partial charge in [-0.2, -0.15) is 0 Å². The second kappa shape index (κ2) is 8.68. The van der Waals surface area contributed by atoms with E-state index in [2.05, 4.69) is 4.74 Å². The highest BCUT2D eigenvalue weighted by Crippen LogP contribution is 2.21. The molecule has 0 amide bonds. The third-order valence-corrected chi connectivity index (χ3v) is 3.53. The molecule has 2 aromatic rings. The van der Waals surface area contributed by atoms with Crippen molar-refractivity contribution in [3.63, 3.8) is 0 Å². The fourth-order valence-electron chi connectivity index (χ4n) is 2.12. The number of esters is 1. The third kappa shape index (κ3) is 4.94. The van der Waals surface area contributed by atoms with Gasteiger partial charge >= 0.3 is 5.97 Å². The van der Waals surface area contributed by atoms with Crippen molar-refractivity contribution in [3.05, 3.63) is 71.3 Å². The Morgan fingerprint density at radius 1 is 1.00 bits per heavy atom. The van der Waals surface area contributed by atoms with Gasteiger partial charge in [-0.05, 0) is 43.7 Å². The molecule has 0 aliphatic carbocycles. The lowest BCUT2D eigenvalue weighted by molar-refractivity contribution is -0.151. The number of carbonyl (C=O) groups excluding carboxylic acids is 2. The van der Waals surface area contributed by atoms with Gasteiger partial charge in [-0.1, -0.05) is 30.3 Å². The second-order valence-electron chi connectivity index (χ2n) is 5.32. The van der Waals surface area contributed by atoms with Crippen LogP contribution in [0.25, 0.3) is 5.76 Å². The van der Waals surface area contributed by atoms with E-state index < -0.39 is 11.8 Å². The molecule has 0 aromatic heterocycles. The fraction of sp³-hybridized carbons (Fsp3) is 0.200. The van der Waals surface area contributed by atoms with Crippen LogP contribution in [0, 0.1) is 0 Å². The quantitative estimate of drug-likeness (QED) is 0.360. The van der Waals surface area contributed by atoms with Gasteiger partial charge in [-0.25, -0.2) is 4.79 Å². The average molecular weight is 340 g/mol. The van der Waals surface area contributed by atoms with Crippen molar-refractivity contribution < 1.29 is 24.2 Å². The van der Waals surface area contributed by atoms with Crippen LogP contribution in [0.3, 0.4) is 0 Å². The number of Topliss-reactive ketones (excluding diaryl/α,β-unsaturated/α-hetero) is 1. The molecule has 25 heavy (non-hydrogen) atoms. The molecule has 0 atom stereocenters. The molecule has 2 rings (SSSR count). The van der Waals surface area contributed by atoms with Crippen LogP contribution >= 0.6 is 0 Å². The van der Waals surface area contributed by atoms with Crippen molar-refractivity contribution in [2.75, 3.05) is 6.61 Å². The van der Waals surface area contributed by atoms with Crippen LogP contribution in [0.4, 0.5) is 0 Å². The Morgan fingerprint density at radius 3 is 2.24 bits per heavy atom. The van der Waals surface area contributed by atoms with Gasteiger partial charge in [0, 0.05) is 11.1 Å². The summed E-state index contributed by atoms with van der Waals surface area (Å²) in [5.41, 5.74) is 1.41. The normalized spacial score (nSPS) is 11.4. The minimum absolute atomic E-state index is 0.0589. The van der Waals surface area contributed by atoms with E-state index in [-0.39, 0.29) is 17.9 Å². The van der Waals surface area contributed by atoms with Crippen LogP contribution in [0.1, 0.15) is 25.0 Å². The molecule has 1 N–H and O–H groups in total. The Hall–Kier alpha value is -3.08. The molecular weight excluding hydrogens is 320 g/mol. The topological polar surface area (TPSA) is 72.8 Å². The number of ketones is 1. The van der Waals surface area contributed by atoms with Crippen molar-refractivity contribution >= 4 is 17.5 Å². The summed E-state index contributed by atoms with van der Waals surface area (Å²) in [6.45, 7) is 3.53.